The van der Waals surface area contributed by atoms with E-state index in [0.29, 0.717) is 31.1 Å². The lowest BCUT2D eigenvalue weighted by molar-refractivity contribution is -0.121. The first-order valence-corrected chi connectivity index (χ1v) is 7.98. The van der Waals surface area contributed by atoms with Crippen LogP contribution in [0, 0.1) is 6.92 Å². The van der Waals surface area contributed by atoms with E-state index in [-0.39, 0.29) is 12.0 Å². The van der Waals surface area contributed by atoms with Crippen LogP contribution in [0.2, 0.25) is 0 Å². The molecule has 1 aliphatic heterocycles. The number of carbonyl (C=O) groups is 1. The molecule has 3 rings (SSSR count). The third-order valence-corrected chi connectivity index (χ3v) is 3.86. The number of amides is 1. The highest BCUT2D eigenvalue weighted by molar-refractivity contribution is 5.76. The first kappa shape index (κ1) is 15.7. The minimum Gasteiger partial charge on any atom is -0.376 e. The van der Waals surface area contributed by atoms with Crippen LogP contribution in [-0.2, 0) is 16.0 Å². The zero-order chi connectivity index (χ0) is 16.1. The maximum absolute atomic E-state index is 11.8. The van der Waals surface area contributed by atoms with Crippen molar-refractivity contribution < 1.29 is 14.1 Å². The Kier molecular flexibility index (Phi) is 5.02. The highest BCUT2D eigenvalue weighted by Crippen LogP contribution is 2.17. The van der Waals surface area contributed by atoms with Crippen LogP contribution in [0.3, 0.4) is 0 Å². The van der Waals surface area contributed by atoms with Crippen LogP contribution in [0.5, 0.6) is 0 Å². The van der Waals surface area contributed by atoms with Gasteiger partial charge in [-0.3, -0.25) is 4.79 Å². The van der Waals surface area contributed by atoms with Gasteiger partial charge in [0.2, 0.25) is 17.6 Å². The Morgan fingerprint density at radius 2 is 2.35 bits per heavy atom. The Balaban J connectivity index is 1.48. The minimum absolute atomic E-state index is 0.0178. The third-order valence-electron chi connectivity index (χ3n) is 3.86. The summed E-state index contributed by atoms with van der Waals surface area (Å²) in [4.78, 5) is 16.2. The molecule has 6 heteroatoms. The quantitative estimate of drug-likeness (QED) is 0.885. The average Bonchev–Trinajstić information content (AvgIpc) is 3.22. The predicted molar refractivity (Wildman–Crippen MR) is 84.8 cm³/mol. The van der Waals surface area contributed by atoms with E-state index in [1.807, 2.05) is 31.2 Å². The second kappa shape index (κ2) is 7.37. The number of hydrogen-bond donors (Lipinski definition) is 1. The van der Waals surface area contributed by atoms with E-state index in [2.05, 4.69) is 15.5 Å². The summed E-state index contributed by atoms with van der Waals surface area (Å²) in [6.45, 7) is 3.39. The molecule has 0 unspecified atom stereocenters. The predicted octanol–water partition coefficient (Wildman–Crippen LogP) is 2.27. The number of benzene rings is 1. The fraction of sp³-hybridized carbons (Fsp3) is 0.471. The highest BCUT2D eigenvalue weighted by Gasteiger charge is 2.16. The minimum atomic E-state index is -0.0178. The average molecular weight is 315 g/mol. The standard InChI is InChI=1S/C17H21N3O3/c1-12-4-2-5-13(10-12)17-19-16(23-20-17)8-7-15(21)18-11-14-6-3-9-22-14/h2,4-5,10,14H,3,6-9,11H2,1H3,(H,18,21)/t14-/m1/s1. The lowest BCUT2D eigenvalue weighted by atomic mass is 10.1. The summed E-state index contributed by atoms with van der Waals surface area (Å²) in [5, 5.41) is 6.86. The molecule has 0 radical (unpaired) electrons. The Labute approximate surface area is 135 Å². The van der Waals surface area contributed by atoms with Gasteiger partial charge in [-0.05, 0) is 25.8 Å². The van der Waals surface area contributed by atoms with Crippen molar-refractivity contribution >= 4 is 5.91 Å². The summed E-state index contributed by atoms with van der Waals surface area (Å²) < 4.78 is 10.7. The van der Waals surface area contributed by atoms with Gasteiger partial charge in [0.1, 0.15) is 0 Å². The molecule has 0 spiro atoms. The maximum Gasteiger partial charge on any atom is 0.227 e. The van der Waals surface area contributed by atoms with Crippen molar-refractivity contribution in [1.29, 1.82) is 0 Å². The molecule has 0 bridgehead atoms. The molecule has 2 heterocycles. The number of aromatic nitrogens is 2. The van der Waals surface area contributed by atoms with Crippen LogP contribution >= 0.6 is 0 Å². The summed E-state index contributed by atoms with van der Waals surface area (Å²) in [6, 6.07) is 7.92. The van der Waals surface area contributed by atoms with E-state index in [1.54, 1.807) is 0 Å². The van der Waals surface area contributed by atoms with Gasteiger partial charge in [0.25, 0.3) is 0 Å². The lowest BCUT2D eigenvalue weighted by Crippen LogP contribution is -2.31. The van der Waals surface area contributed by atoms with Crippen LogP contribution in [0.15, 0.2) is 28.8 Å². The molecule has 1 saturated heterocycles. The summed E-state index contributed by atoms with van der Waals surface area (Å²) in [7, 11) is 0. The first-order chi connectivity index (χ1) is 11.2. The number of carbonyl (C=O) groups excluding carboxylic acids is 1. The first-order valence-electron chi connectivity index (χ1n) is 7.98. The summed E-state index contributed by atoms with van der Waals surface area (Å²) in [6.07, 6.45) is 3.03. The van der Waals surface area contributed by atoms with E-state index >= 15 is 0 Å². The molecular weight excluding hydrogens is 294 g/mol. The Hall–Kier alpha value is -2.21. The molecule has 122 valence electrons. The lowest BCUT2D eigenvalue weighted by Gasteiger charge is -2.09. The van der Waals surface area contributed by atoms with Crippen molar-refractivity contribution in [2.24, 2.45) is 0 Å². The molecule has 1 atom stereocenters. The van der Waals surface area contributed by atoms with E-state index in [9.17, 15) is 4.79 Å². The Morgan fingerprint density at radius 1 is 1.43 bits per heavy atom. The van der Waals surface area contributed by atoms with E-state index < -0.39 is 0 Å². The number of hydrogen-bond acceptors (Lipinski definition) is 5. The smallest absolute Gasteiger partial charge is 0.227 e. The van der Waals surface area contributed by atoms with Gasteiger partial charge in [-0.2, -0.15) is 4.98 Å². The van der Waals surface area contributed by atoms with Crippen LogP contribution in [0.1, 0.15) is 30.7 Å². The number of nitrogens with zero attached hydrogens (tertiary/aromatic N) is 2. The van der Waals surface area contributed by atoms with Crippen LogP contribution in [0.4, 0.5) is 0 Å². The fourth-order valence-electron chi connectivity index (χ4n) is 2.60. The zero-order valence-corrected chi connectivity index (χ0v) is 13.2. The number of nitrogens with one attached hydrogen (secondary N) is 1. The van der Waals surface area contributed by atoms with Crippen molar-refractivity contribution in [3.05, 3.63) is 35.7 Å². The molecule has 0 aliphatic carbocycles. The number of rotatable bonds is 6. The van der Waals surface area contributed by atoms with Gasteiger partial charge in [0, 0.05) is 31.6 Å². The van der Waals surface area contributed by atoms with Crippen LogP contribution in [-0.4, -0.2) is 35.3 Å². The Morgan fingerprint density at radius 3 is 3.13 bits per heavy atom. The molecule has 0 saturated carbocycles. The molecule has 1 fully saturated rings. The SMILES string of the molecule is Cc1cccc(-c2noc(CCC(=O)NC[C@H]3CCCO3)n2)c1. The normalized spacial score (nSPS) is 17.3. The molecule has 1 N–H and O–H groups in total. The number of ether oxygens (including phenoxy) is 1. The monoisotopic (exact) mass is 315 g/mol. The van der Waals surface area contributed by atoms with Crippen molar-refractivity contribution in [1.82, 2.24) is 15.5 Å². The molecule has 6 nitrogen and oxygen atoms in total. The maximum atomic E-state index is 11.8. The van der Waals surface area contributed by atoms with Gasteiger partial charge in [0.05, 0.1) is 6.10 Å². The second-order valence-electron chi connectivity index (χ2n) is 5.82. The molecule has 23 heavy (non-hydrogen) atoms. The summed E-state index contributed by atoms with van der Waals surface area (Å²) >= 11 is 0. The largest absolute Gasteiger partial charge is 0.376 e. The summed E-state index contributed by atoms with van der Waals surface area (Å²) in [5.74, 6) is 1.02. The highest BCUT2D eigenvalue weighted by atomic mass is 16.5. The van der Waals surface area contributed by atoms with Gasteiger partial charge in [-0.15, -0.1) is 0 Å². The molecule has 1 amide bonds. The van der Waals surface area contributed by atoms with Crippen molar-refractivity contribution in [3.8, 4) is 11.4 Å². The van der Waals surface area contributed by atoms with Crippen molar-refractivity contribution in [3.63, 3.8) is 0 Å². The molecule has 1 aliphatic rings. The van der Waals surface area contributed by atoms with Gasteiger partial charge >= 0.3 is 0 Å². The van der Waals surface area contributed by atoms with Crippen molar-refractivity contribution in [2.75, 3.05) is 13.2 Å². The third kappa shape index (κ3) is 4.39. The summed E-state index contributed by atoms with van der Waals surface area (Å²) in [5.41, 5.74) is 2.06. The second-order valence-corrected chi connectivity index (χ2v) is 5.82. The topological polar surface area (TPSA) is 77.2 Å². The molecule has 2 aromatic rings. The van der Waals surface area contributed by atoms with Crippen molar-refractivity contribution in [2.45, 2.75) is 38.7 Å². The molecular formula is C17H21N3O3. The fourth-order valence-corrected chi connectivity index (χ4v) is 2.60. The van der Waals surface area contributed by atoms with E-state index in [4.69, 9.17) is 9.26 Å². The number of aryl methyl sites for hydroxylation is 2. The zero-order valence-electron chi connectivity index (χ0n) is 13.2. The molecule has 1 aromatic carbocycles. The Bertz CT molecular complexity index is 663. The van der Waals surface area contributed by atoms with E-state index in [1.165, 1.54) is 0 Å². The van der Waals surface area contributed by atoms with Crippen LogP contribution < -0.4 is 5.32 Å². The van der Waals surface area contributed by atoms with E-state index in [0.717, 1.165) is 30.6 Å². The van der Waals surface area contributed by atoms with Gasteiger partial charge in [0.15, 0.2) is 0 Å². The van der Waals surface area contributed by atoms with Crippen LogP contribution in [0.25, 0.3) is 11.4 Å². The molecule has 1 aromatic heterocycles. The van der Waals surface area contributed by atoms with Gasteiger partial charge < -0.3 is 14.6 Å². The van der Waals surface area contributed by atoms with Gasteiger partial charge in [-0.25, -0.2) is 0 Å². The van der Waals surface area contributed by atoms with Gasteiger partial charge in [-0.1, -0.05) is 28.9 Å².